The maximum absolute atomic E-state index is 12.5. The topological polar surface area (TPSA) is 119 Å². The van der Waals surface area contributed by atoms with E-state index in [0.29, 0.717) is 28.5 Å². The normalized spacial score (nSPS) is 15.7. The average molecular weight is 513 g/mol. The first-order valence-electron chi connectivity index (χ1n) is 10.4. The number of halogens is 1. The summed E-state index contributed by atoms with van der Waals surface area (Å²) in [5, 5.41) is 15.6. The van der Waals surface area contributed by atoms with E-state index in [9.17, 15) is 13.5 Å². The summed E-state index contributed by atoms with van der Waals surface area (Å²) in [6.45, 7) is 5.17. The van der Waals surface area contributed by atoms with E-state index in [-0.39, 0.29) is 17.5 Å². The molecule has 0 unspecified atom stereocenters. The Balaban J connectivity index is 1.60. The van der Waals surface area contributed by atoms with Gasteiger partial charge in [-0.15, -0.1) is 0 Å². The van der Waals surface area contributed by atoms with Crippen LogP contribution in [-0.2, 0) is 10.0 Å². The summed E-state index contributed by atoms with van der Waals surface area (Å²) in [6, 6.07) is 6.35. The fourth-order valence-corrected chi connectivity index (χ4v) is 4.60. The SMILES string of the molecule is CC[C@H](CO)Nc1nc(Nc2ccc(S(=O)(=O)NCCN3CCCC3)cc2)ncc1Br. The van der Waals surface area contributed by atoms with Crippen LogP contribution in [0, 0.1) is 0 Å². The lowest BCUT2D eigenvalue weighted by atomic mass is 10.2. The van der Waals surface area contributed by atoms with Gasteiger partial charge in [0.05, 0.1) is 22.0 Å². The van der Waals surface area contributed by atoms with E-state index in [1.54, 1.807) is 30.5 Å². The van der Waals surface area contributed by atoms with Gasteiger partial charge < -0.3 is 20.6 Å². The van der Waals surface area contributed by atoms with Crippen molar-refractivity contribution in [2.45, 2.75) is 37.1 Å². The molecule has 0 radical (unpaired) electrons. The average Bonchev–Trinajstić information content (AvgIpc) is 3.28. The number of aliphatic hydroxyl groups excluding tert-OH is 1. The van der Waals surface area contributed by atoms with Gasteiger partial charge in [-0.3, -0.25) is 0 Å². The van der Waals surface area contributed by atoms with E-state index in [4.69, 9.17) is 0 Å². The number of likely N-dealkylation sites (tertiary alicyclic amines) is 1. The van der Waals surface area contributed by atoms with Crippen LogP contribution in [0.25, 0.3) is 0 Å². The number of aromatic nitrogens is 2. The molecule has 170 valence electrons. The Bertz CT molecular complexity index is 948. The second-order valence-electron chi connectivity index (χ2n) is 7.42. The minimum absolute atomic E-state index is 0.00227. The predicted molar refractivity (Wildman–Crippen MR) is 125 cm³/mol. The summed E-state index contributed by atoms with van der Waals surface area (Å²) in [5.41, 5.74) is 0.665. The first-order valence-corrected chi connectivity index (χ1v) is 12.7. The van der Waals surface area contributed by atoms with Gasteiger partial charge in [0.15, 0.2) is 0 Å². The van der Waals surface area contributed by atoms with Gasteiger partial charge in [0.1, 0.15) is 5.82 Å². The molecule has 9 nitrogen and oxygen atoms in total. The van der Waals surface area contributed by atoms with E-state index in [2.05, 4.69) is 46.2 Å². The fourth-order valence-electron chi connectivity index (χ4n) is 3.27. The Hall–Kier alpha value is -1.79. The lowest BCUT2D eigenvalue weighted by molar-refractivity contribution is 0.271. The second kappa shape index (κ2) is 11.2. The molecule has 1 aromatic carbocycles. The van der Waals surface area contributed by atoms with Crippen molar-refractivity contribution < 1.29 is 13.5 Å². The molecule has 11 heteroatoms. The zero-order valence-corrected chi connectivity index (χ0v) is 19.9. The number of anilines is 3. The Morgan fingerprint density at radius 1 is 1.23 bits per heavy atom. The van der Waals surface area contributed by atoms with E-state index >= 15 is 0 Å². The minimum Gasteiger partial charge on any atom is -0.394 e. The Morgan fingerprint density at radius 2 is 1.94 bits per heavy atom. The van der Waals surface area contributed by atoms with Crippen LogP contribution in [0.15, 0.2) is 39.8 Å². The van der Waals surface area contributed by atoms with Crippen LogP contribution < -0.4 is 15.4 Å². The van der Waals surface area contributed by atoms with Crippen molar-refractivity contribution in [3.8, 4) is 0 Å². The van der Waals surface area contributed by atoms with Gasteiger partial charge in [-0.25, -0.2) is 18.1 Å². The molecule has 1 aliphatic heterocycles. The zero-order valence-electron chi connectivity index (χ0n) is 17.5. The first-order chi connectivity index (χ1) is 14.9. The molecule has 4 N–H and O–H groups in total. The molecule has 1 aromatic heterocycles. The van der Waals surface area contributed by atoms with Crippen molar-refractivity contribution in [2.75, 3.05) is 43.4 Å². The van der Waals surface area contributed by atoms with Crippen LogP contribution in [0.1, 0.15) is 26.2 Å². The molecule has 0 bridgehead atoms. The summed E-state index contributed by atoms with van der Waals surface area (Å²) >= 11 is 3.40. The number of rotatable bonds is 11. The molecular weight excluding hydrogens is 484 g/mol. The van der Waals surface area contributed by atoms with Crippen molar-refractivity contribution in [3.63, 3.8) is 0 Å². The largest absolute Gasteiger partial charge is 0.394 e. The first kappa shape index (κ1) is 23.9. The number of sulfonamides is 1. The molecule has 0 saturated carbocycles. The van der Waals surface area contributed by atoms with E-state index in [0.717, 1.165) is 26.1 Å². The molecule has 1 fully saturated rings. The highest BCUT2D eigenvalue weighted by atomic mass is 79.9. The Morgan fingerprint density at radius 3 is 2.58 bits per heavy atom. The highest BCUT2D eigenvalue weighted by molar-refractivity contribution is 9.10. The molecule has 31 heavy (non-hydrogen) atoms. The second-order valence-corrected chi connectivity index (χ2v) is 10.0. The number of aliphatic hydroxyl groups is 1. The number of nitrogens with zero attached hydrogens (tertiary/aromatic N) is 3. The zero-order chi connectivity index (χ0) is 22.3. The molecule has 3 rings (SSSR count). The molecule has 0 aliphatic carbocycles. The van der Waals surface area contributed by atoms with Crippen LogP contribution in [0.5, 0.6) is 0 Å². The Labute approximate surface area is 191 Å². The van der Waals surface area contributed by atoms with Gasteiger partial charge >= 0.3 is 0 Å². The maximum atomic E-state index is 12.5. The Kier molecular flexibility index (Phi) is 8.61. The van der Waals surface area contributed by atoms with Gasteiger partial charge in [-0.1, -0.05) is 6.92 Å². The smallest absolute Gasteiger partial charge is 0.240 e. The molecule has 1 atom stereocenters. The quantitative estimate of drug-likeness (QED) is 0.362. The third kappa shape index (κ3) is 6.84. The fraction of sp³-hybridized carbons (Fsp3) is 0.500. The summed E-state index contributed by atoms with van der Waals surface area (Å²) < 4.78 is 28.4. The molecule has 1 saturated heterocycles. The summed E-state index contributed by atoms with van der Waals surface area (Å²) in [4.78, 5) is 11.1. The molecule has 1 aliphatic rings. The number of benzene rings is 1. The van der Waals surface area contributed by atoms with Crippen LogP contribution >= 0.6 is 15.9 Å². The van der Waals surface area contributed by atoms with Crippen LogP contribution in [0.2, 0.25) is 0 Å². The van der Waals surface area contributed by atoms with E-state index in [1.165, 1.54) is 12.8 Å². The highest BCUT2D eigenvalue weighted by Crippen LogP contribution is 2.23. The molecule has 0 spiro atoms. The van der Waals surface area contributed by atoms with Gasteiger partial charge in [0.25, 0.3) is 0 Å². The predicted octanol–water partition coefficient (Wildman–Crippen LogP) is 2.54. The van der Waals surface area contributed by atoms with Crippen LogP contribution in [0.3, 0.4) is 0 Å². The van der Waals surface area contributed by atoms with Gasteiger partial charge in [-0.05, 0) is 72.5 Å². The highest BCUT2D eigenvalue weighted by Gasteiger charge is 2.16. The third-order valence-electron chi connectivity index (χ3n) is 5.14. The summed E-state index contributed by atoms with van der Waals surface area (Å²) in [5.74, 6) is 0.928. The standard InChI is InChI=1S/C20H29BrN6O3S/c1-2-15(14-28)24-19-18(21)13-22-20(26-19)25-16-5-7-17(8-6-16)31(29,30)23-9-12-27-10-3-4-11-27/h5-8,13,15,23,28H,2-4,9-12,14H2,1H3,(H2,22,24,25,26)/t15-/m1/s1. The van der Waals surface area contributed by atoms with E-state index < -0.39 is 10.0 Å². The monoisotopic (exact) mass is 512 g/mol. The molecule has 2 heterocycles. The van der Waals surface area contributed by atoms with Crippen LogP contribution in [-0.4, -0.2) is 67.2 Å². The van der Waals surface area contributed by atoms with Crippen molar-refractivity contribution in [1.82, 2.24) is 19.6 Å². The van der Waals surface area contributed by atoms with E-state index in [1.807, 2.05) is 6.92 Å². The van der Waals surface area contributed by atoms with Crippen molar-refractivity contribution in [3.05, 3.63) is 34.9 Å². The minimum atomic E-state index is -3.55. The maximum Gasteiger partial charge on any atom is 0.240 e. The molecule has 0 amide bonds. The van der Waals surface area contributed by atoms with Crippen molar-refractivity contribution >= 4 is 43.4 Å². The van der Waals surface area contributed by atoms with Crippen molar-refractivity contribution in [1.29, 1.82) is 0 Å². The van der Waals surface area contributed by atoms with Gasteiger partial charge in [-0.2, -0.15) is 4.98 Å². The number of hydrogen-bond donors (Lipinski definition) is 4. The van der Waals surface area contributed by atoms with Crippen LogP contribution in [0.4, 0.5) is 17.5 Å². The summed E-state index contributed by atoms with van der Waals surface area (Å²) in [6.07, 6.45) is 4.73. The summed E-state index contributed by atoms with van der Waals surface area (Å²) in [7, 11) is -3.55. The third-order valence-corrected chi connectivity index (χ3v) is 7.19. The number of hydrogen-bond acceptors (Lipinski definition) is 8. The molecule has 2 aromatic rings. The van der Waals surface area contributed by atoms with Gasteiger partial charge in [0, 0.05) is 25.0 Å². The lowest BCUT2D eigenvalue weighted by Crippen LogP contribution is -2.33. The number of nitrogens with one attached hydrogen (secondary N) is 3. The lowest BCUT2D eigenvalue weighted by Gasteiger charge is -2.16. The molecular formula is C20H29BrN6O3S. The van der Waals surface area contributed by atoms with Gasteiger partial charge in [0.2, 0.25) is 16.0 Å². The van der Waals surface area contributed by atoms with Crippen molar-refractivity contribution in [2.24, 2.45) is 0 Å².